The molecular formula is C11H17N3O3S. The highest BCUT2D eigenvalue weighted by Gasteiger charge is 2.28. The number of thiazole rings is 1. The summed E-state index contributed by atoms with van der Waals surface area (Å²) in [5, 5.41) is 14.5. The number of aliphatic carboxylic acids is 1. The molecule has 0 bridgehead atoms. The van der Waals surface area contributed by atoms with Crippen LogP contribution in [0.3, 0.4) is 0 Å². The second-order valence-corrected chi connectivity index (χ2v) is 5.21. The van der Waals surface area contributed by atoms with Crippen molar-refractivity contribution in [2.24, 2.45) is 5.73 Å². The van der Waals surface area contributed by atoms with Crippen LogP contribution in [0, 0.1) is 0 Å². The van der Waals surface area contributed by atoms with Gasteiger partial charge in [0.1, 0.15) is 6.04 Å². The van der Waals surface area contributed by atoms with Gasteiger partial charge in [0.25, 0.3) is 0 Å². The van der Waals surface area contributed by atoms with Gasteiger partial charge in [0.15, 0.2) is 5.13 Å². The van der Waals surface area contributed by atoms with Crippen LogP contribution in [-0.2, 0) is 9.53 Å². The zero-order valence-electron chi connectivity index (χ0n) is 10.1. The third-order valence-corrected chi connectivity index (χ3v) is 3.96. The van der Waals surface area contributed by atoms with Crippen LogP contribution in [0.25, 0.3) is 0 Å². The van der Waals surface area contributed by atoms with E-state index in [0.717, 1.165) is 19.3 Å². The maximum absolute atomic E-state index is 10.8. The molecule has 1 aliphatic carbocycles. The van der Waals surface area contributed by atoms with Crippen molar-refractivity contribution in [2.75, 3.05) is 12.4 Å². The second-order valence-electron chi connectivity index (χ2n) is 4.35. The molecule has 0 amide bonds. The molecule has 0 saturated heterocycles. The average Bonchev–Trinajstić information content (AvgIpc) is 2.97. The standard InChI is InChI=1S/C11H17N3O3S/c1-17-8-4-2-3-6(8)13-11-14-7(5-18-11)9(12)10(15)16/h5-6,8-9H,2-4,12H2,1H3,(H,13,14)(H,15,16). The van der Waals surface area contributed by atoms with Crippen LogP contribution in [0.5, 0.6) is 0 Å². The van der Waals surface area contributed by atoms with Gasteiger partial charge in [-0.1, -0.05) is 0 Å². The van der Waals surface area contributed by atoms with Gasteiger partial charge < -0.3 is 20.9 Å². The number of nitrogens with zero attached hydrogens (tertiary/aromatic N) is 1. The number of aromatic nitrogens is 1. The first-order chi connectivity index (χ1) is 8.61. The lowest BCUT2D eigenvalue weighted by Crippen LogP contribution is -2.29. The van der Waals surface area contributed by atoms with Crippen LogP contribution in [0.4, 0.5) is 5.13 Å². The summed E-state index contributed by atoms with van der Waals surface area (Å²) in [5.74, 6) is -1.07. The fourth-order valence-corrected chi connectivity index (χ4v) is 2.96. The van der Waals surface area contributed by atoms with E-state index in [9.17, 15) is 4.79 Å². The minimum absolute atomic E-state index is 0.200. The summed E-state index contributed by atoms with van der Waals surface area (Å²) in [6, 6.07) is -0.811. The van der Waals surface area contributed by atoms with Crippen LogP contribution < -0.4 is 11.1 Å². The van der Waals surface area contributed by atoms with E-state index in [2.05, 4.69) is 10.3 Å². The third-order valence-electron chi connectivity index (χ3n) is 3.17. The van der Waals surface area contributed by atoms with E-state index in [0.29, 0.717) is 10.8 Å². The third kappa shape index (κ3) is 2.80. The summed E-state index contributed by atoms with van der Waals surface area (Å²) in [6.45, 7) is 0. The largest absolute Gasteiger partial charge is 0.480 e. The number of hydrogen-bond donors (Lipinski definition) is 3. The van der Waals surface area contributed by atoms with E-state index in [4.69, 9.17) is 15.6 Å². The lowest BCUT2D eigenvalue weighted by Gasteiger charge is -2.18. The summed E-state index contributed by atoms with van der Waals surface area (Å²) in [6.07, 6.45) is 3.41. The molecule has 1 saturated carbocycles. The maximum Gasteiger partial charge on any atom is 0.326 e. The van der Waals surface area contributed by atoms with Crippen molar-refractivity contribution in [3.05, 3.63) is 11.1 Å². The molecule has 0 radical (unpaired) electrons. The predicted octanol–water partition coefficient (Wildman–Crippen LogP) is 1.21. The Balaban J connectivity index is 2.00. The van der Waals surface area contributed by atoms with Crippen LogP contribution in [0.2, 0.25) is 0 Å². The van der Waals surface area contributed by atoms with E-state index in [1.807, 2.05) is 0 Å². The van der Waals surface area contributed by atoms with E-state index in [-0.39, 0.29) is 12.1 Å². The molecule has 4 N–H and O–H groups in total. The number of nitrogens with two attached hydrogens (primary N) is 1. The number of carboxylic acid groups (broad SMARTS) is 1. The molecule has 7 heteroatoms. The van der Waals surface area contributed by atoms with Crippen molar-refractivity contribution in [3.8, 4) is 0 Å². The molecule has 3 unspecified atom stereocenters. The zero-order chi connectivity index (χ0) is 13.1. The van der Waals surface area contributed by atoms with Crippen LogP contribution in [-0.4, -0.2) is 35.3 Å². The molecule has 2 rings (SSSR count). The number of hydrogen-bond acceptors (Lipinski definition) is 6. The highest BCUT2D eigenvalue weighted by molar-refractivity contribution is 7.13. The van der Waals surface area contributed by atoms with Crippen molar-refractivity contribution in [1.82, 2.24) is 4.98 Å². The molecular weight excluding hydrogens is 254 g/mol. The molecule has 6 nitrogen and oxygen atoms in total. The smallest absolute Gasteiger partial charge is 0.326 e. The first kappa shape index (κ1) is 13.3. The van der Waals surface area contributed by atoms with Gasteiger partial charge in [0, 0.05) is 12.5 Å². The number of anilines is 1. The normalized spacial score (nSPS) is 25.0. The Hall–Kier alpha value is -1.18. The average molecular weight is 271 g/mol. The van der Waals surface area contributed by atoms with Gasteiger partial charge in [-0.2, -0.15) is 0 Å². The molecule has 1 fully saturated rings. The summed E-state index contributed by atoms with van der Waals surface area (Å²) in [7, 11) is 1.71. The minimum Gasteiger partial charge on any atom is -0.480 e. The zero-order valence-corrected chi connectivity index (χ0v) is 10.9. The Morgan fingerprint density at radius 3 is 3.17 bits per heavy atom. The highest BCUT2D eigenvalue weighted by atomic mass is 32.1. The summed E-state index contributed by atoms with van der Waals surface area (Å²) >= 11 is 1.37. The van der Waals surface area contributed by atoms with E-state index in [1.165, 1.54) is 11.3 Å². The summed E-state index contributed by atoms with van der Waals surface area (Å²) in [5.41, 5.74) is 5.90. The van der Waals surface area contributed by atoms with Gasteiger partial charge in [-0.25, -0.2) is 4.98 Å². The van der Waals surface area contributed by atoms with Crippen molar-refractivity contribution >= 4 is 22.4 Å². The van der Waals surface area contributed by atoms with Crippen LogP contribution >= 0.6 is 11.3 Å². The van der Waals surface area contributed by atoms with Gasteiger partial charge in [0.2, 0.25) is 0 Å². The predicted molar refractivity (Wildman–Crippen MR) is 68.7 cm³/mol. The molecule has 1 aromatic heterocycles. The molecule has 100 valence electrons. The van der Waals surface area contributed by atoms with Gasteiger partial charge in [-0.05, 0) is 19.3 Å². The Kier molecular flexibility index (Phi) is 4.15. The Bertz CT molecular complexity index is 423. The number of carbonyl (C=O) groups is 1. The SMILES string of the molecule is COC1CCCC1Nc1nc(C(N)C(=O)O)cs1. The maximum atomic E-state index is 10.8. The lowest BCUT2D eigenvalue weighted by atomic mass is 10.2. The van der Waals surface area contributed by atoms with Gasteiger partial charge in [0.05, 0.1) is 17.8 Å². The quantitative estimate of drug-likeness (QED) is 0.744. The number of nitrogens with one attached hydrogen (secondary N) is 1. The molecule has 3 atom stereocenters. The fraction of sp³-hybridized carbons (Fsp3) is 0.636. The molecule has 0 aromatic carbocycles. The Labute approximate surface area is 109 Å². The number of carboxylic acids is 1. The molecule has 1 aliphatic rings. The highest BCUT2D eigenvalue weighted by Crippen LogP contribution is 2.27. The first-order valence-corrected chi connectivity index (χ1v) is 6.73. The molecule has 1 aromatic rings. The Morgan fingerprint density at radius 1 is 1.72 bits per heavy atom. The molecule has 18 heavy (non-hydrogen) atoms. The molecule has 0 aliphatic heterocycles. The summed E-state index contributed by atoms with van der Waals surface area (Å²) in [4.78, 5) is 15.0. The van der Waals surface area contributed by atoms with Gasteiger partial charge in [-0.15, -0.1) is 11.3 Å². The Morgan fingerprint density at radius 2 is 2.50 bits per heavy atom. The topological polar surface area (TPSA) is 97.5 Å². The minimum atomic E-state index is -1.07. The molecule has 0 spiro atoms. The lowest BCUT2D eigenvalue weighted by molar-refractivity contribution is -0.138. The molecule has 1 heterocycles. The van der Waals surface area contributed by atoms with E-state index < -0.39 is 12.0 Å². The summed E-state index contributed by atoms with van der Waals surface area (Å²) < 4.78 is 5.38. The first-order valence-electron chi connectivity index (χ1n) is 5.85. The number of methoxy groups -OCH3 is 1. The number of rotatable bonds is 5. The van der Waals surface area contributed by atoms with Gasteiger partial charge in [-0.3, -0.25) is 4.79 Å². The number of ether oxygens (including phenoxy) is 1. The van der Waals surface area contributed by atoms with Crippen molar-refractivity contribution in [2.45, 2.75) is 37.5 Å². The van der Waals surface area contributed by atoms with E-state index in [1.54, 1.807) is 12.5 Å². The van der Waals surface area contributed by atoms with Crippen LogP contribution in [0.15, 0.2) is 5.38 Å². The second kappa shape index (κ2) is 5.64. The fourth-order valence-electron chi connectivity index (χ4n) is 2.15. The van der Waals surface area contributed by atoms with Crippen molar-refractivity contribution in [1.29, 1.82) is 0 Å². The van der Waals surface area contributed by atoms with Crippen molar-refractivity contribution in [3.63, 3.8) is 0 Å². The van der Waals surface area contributed by atoms with E-state index >= 15 is 0 Å². The van der Waals surface area contributed by atoms with Gasteiger partial charge >= 0.3 is 5.97 Å². The van der Waals surface area contributed by atoms with Crippen LogP contribution in [0.1, 0.15) is 31.0 Å². The van der Waals surface area contributed by atoms with Crippen molar-refractivity contribution < 1.29 is 14.6 Å². The monoisotopic (exact) mass is 271 g/mol.